The maximum atomic E-state index is 10.6. The monoisotopic (exact) mass is 324 g/mol. The largest absolute Gasteiger partial charge is 0.496 e. The van der Waals surface area contributed by atoms with E-state index >= 15 is 0 Å². The highest BCUT2D eigenvalue weighted by Crippen LogP contribution is 2.31. The van der Waals surface area contributed by atoms with Crippen LogP contribution in [0.3, 0.4) is 0 Å². The molecule has 2 N–H and O–H groups in total. The number of rotatable bonds is 5. The number of aromatic nitrogens is 2. The SMILES string of the molecule is COc1ccc(-c2[nH]ncc2CCC(=O)O)cc1Br. The van der Waals surface area contributed by atoms with Gasteiger partial charge in [0.25, 0.3) is 0 Å². The van der Waals surface area contributed by atoms with Gasteiger partial charge in [-0.25, -0.2) is 0 Å². The lowest BCUT2D eigenvalue weighted by Gasteiger charge is -2.06. The molecule has 2 rings (SSSR count). The second-order valence-corrected chi connectivity index (χ2v) is 4.87. The highest BCUT2D eigenvalue weighted by atomic mass is 79.9. The first-order chi connectivity index (χ1) is 9.11. The minimum Gasteiger partial charge on any atom is -0.496 e. The Labute approximate surface area is 118 Å². The van der Waals surface area contributed by atoms with E-state index in [-0.39, 0.29) is 6.42 Å². The summed E-state index contributed by atoms with van der Waals surface area (Å²) < 4.78 is 6.02. The van der Waals surface area contributed by atoms with E-state index in [1.54, 1.807) is 13.3 Å². The van der Waals surface area contributed by atoms with Crippen molar-refractivity contribution in [2.75, 3.05) is 7.11 Å². The van der Waals surface area contributed by atoms with Crippen LogP contribution in [0, 0.1) is 0 Å². The fourth-order valence-corrected chi connectivity index (χ4v) is 2.35. The average Bonchev–Trinajstić information content (AvgIpc) is 2.84. The van der Waals surface area contributed by atoms with Gasteiger partial charge in [-0.1, -0.05) is 0 Å². The predicted molar refractivity (Wildman–Crippen MR) is 74.2 cm³/mol. The second kappa shape index (κ2) is 5.88. The molecular weight excluding hydrogens is 312 g/mol. The third kappa shape index (κ3) is 3.14. The molecule has 0 aliphatic rings. The molecule has 0 amide bonds. The van der Waals surface area contributed by atoms with Crippen molar-refractivity contribution in [2.45, 2.75) is 12.8 Å². The lowest BCUT2D eigenvalue weighted by Crippen LogP contribution is -1.97. The molecule has 0 fully saturated rings. The van der Waals surface area contributed by atoms with E-state index in [1.165, 1.54) is 0 Å². The van der Waals surface area contributed by atoms with Crippen LogP contribution < -0.4 is 4.74 Å². The summed E-state index contributed by atoms with van der Waals surface area (Å²) in [6.07, 6.45) is 2.20. The van der Waals surface area contributed by atoms with Gasteiger partial charge >= 0.3 is 5.97 Å². The number of aryl methyl sites for hydroxylation is 1. The number of nitrogens with zero attached hydrogens (tertiary/aromatic N) is 1. The number of aromatic amines is 1. The molecule has 1 aromatic carbocycles. The van der Waals surface area contributed by atoms with Gasteiger partial charge in [0.1, 0.15) is 5.75 Å². The summed E-state index contributed by atoms with van der Waals surface area (Å²) in [6.45, 7) is 0. The van der Waals surface area contributed by atoms with E-state index < -0.39 is 5.97 Å². The number of halogens is 1. The number of ether oxygens (including phenoxy) is 1. The van der Waals surface area contributed by atoms with Gasteiger partial charge in [-0.15, -0.1) is 0 Å². The van der Waals surface area contributed by atoms with Gasteiger partial charge in [0.15, 0.2) is 0 Å². The summed E-state index contributed by atoms with van der Waals surface area (Å²) in [4.78, 5) is 10.6. The zero-order chi connectivity index (χ0) is 13.8. The van der Waals surface area contributed by atoms with Crippen LogP contribution in [0.4, 0.5) is 0 Å². The smallest absolute Gasteiger partial charge is 0.303 e. The van der Waals surface area contributed by atoms with Gasteiger partial charge < -0.3 is 9.84 Å². The average molecular weight is 325 g/mol. The molecule has 6 heteroatoms. The van der Waals surface area contributed by atoms with Crippen LogP contribution in [0.25, 0.3) is 11.3 Å². The standard InChI is InChI=1S/C13H13BrN2O3/c1-19-11-4-2-8(6-10(11)14)13-9(7-15-16-13)3-5-12(17)18/h2,4,6-7H,3,5H2,1H3,(H,15,16)(H,17,18). The maximum Gasteiger partial charge on any atom is 0.303 e. The molecule has 0 unspecified atom stereocenters. The Kier molecular flexibility index (Phi) is 4.21. The van der Waals surface area contributed by atoms with Gasteiger partial charge in [0.05, 0.1) is 23.5 Å². The van der Waals surface area contributed by atoms with Crippen molar-refractivity contribution in [3.05, 3.63) is 34.4 Å². The molecule has 0 atom stereocenters. The molecule has 1 heterocycles. The van der Waals surface area contributed by atoms with E-state index in [9.17, 15) is 4.79 Å². The molecule has 100 valence electrons. The Morgan fingerprint density at radius 3 is 2.95 bits per heavy atom. The summed E-state index contributed by atoms with van der Waals surface area (Å²) in [5, 5.41) is 15.6. The van der Waals surface area contributed by atoms with E-state index in [4.69, 9.17) is 9.84 Å². The number of methoxy groups -OCH3 is 1. The number of carboxylic acids is 1. The van der Waals surface area contributed by atoms with Crippen molar-refractivity contribution in [1.29, 1.82) is 0 Å². The van der Waals surface area contributed by atoms with Crippen LogP contribution in [0.1, 0.15) is 12.0 Å². The molecular formula is C13H13BrN2O3. The van der Waals surface area contributed by atoms with Gasteiger partial charge in [0, 0.05) is 12.0 Å². The van der Waals surface area contributed by atoms with Crippen LogP contribution in [0.5, 0.6) is 5.75 Å². The van der Waals surface area contributed by atoms with Crippen molar-refractivity contribution in [3.8, 4) is 17.0 Å². The summed E-state index contributed by atoms with van der Waals surface area (Å²) >= 11 is 3.43. The molecule has 0 bridgehead atoms. The first-order valence-corrected chi connectivity index (χ1v) is 6.49. The molecule has 2 aromatic rings. The summed E-state index contributed by atoms with van der Waals surface area (Å²) in [5.41, 5.74) is 2.66. The molecule has 19 heavy (non-hydrogen) atoms. The van der Waals surface area contributed by atoms with E-state index in [0.717, 1.165) is 27.0 Å². The molecule has 0 saturated heterocycles. The summed E-state index contributed by atoms with van der Waals surface area (Å²) in [6, 6.07) is 5.67. The first-order valence-electron chi connectivity index (χ1n) is 5.69. The fourth-order valence-electron chi connectivity index (χ4n) is 1.81. The summed E-state index contributed by atoms with van der Waals surface area (Å²) in [5.74, 6) is -0.0709. The van der Waals surface area contributed by atoms with Crippen LogP contribution in [-0.4, -0.2) is 28.4 Å². The molecule has 0 spiro atoms. The van der Waals surface area contributed by atoms with E-state index in [1.807, 2.05) is 18.2 Å². The van der Waals surface area contributed by atoms with Crippen molar-refractivity contribution >= 4 is 21.9 Å². The van der Waals surface area contributed by atoms with Gasteiger partial charge in [-0.2, -0.15) is 5.10 Å². The molecule has 1 aromatic heterocycles. The number of aliphatic carboxylic acids is 1. The van der Waals surface area contributed by atoms with Gasteiger partial charge in [-0.3, -0.25) is 9.89 Å². The molecule has 5 nitrogen and oxygen atoms in total. The van der Waals surface area contributed by atoms with Crippen LogP contribution in [0.15, 0.2) is 28.9 Å². The number of carboxylic acid groups (broad SMARTS) is 1. The van der Waals surface area contributed by atoms with Gasteiger partial charge in [-0.05, 0) is 46.1 Å². The fraction of sp³-hybridized carbons (Fsp3) is 0.231. The van der Waals surface area contributed by atoms with Crippen molar-refractivity contribution in [3.63, 3.8) is 0 Å². The Morgan fingerprint density at radius 2 is 2.32 bits per heavy atom. The quantitative estimate of drug-likeness (QED) is 0.886. The van der Waals surface area contributed by atoms with Crippen molar-refractivity contribution in [2.24, 2.45) is 0 Å². The Morgan fingerprint density at radius 1 is 1.53 bits per heavy atom. The first kappa shape index (κ1) is 13.6. The Hall–Kier alpha value is -1.82. The van der Waals surface area contributed by atoms with E-state index in [2.05, 4.69) is 26.1 Å². The van der Waals surface area contributed by atoms with Crippen LogP contribution in [-0.2, 0) is 11.2 Å². The zero-order valence-electron chi connectivity index (χ0n) is 10.3. The second-order valence-electron chi connectivity index (χ2n) is 4.01. The lowest BCUT2D eigenvalue weighted by atomic mass is 10.0. The number of benzene rings is 1. The molecule has 0 radical (unpaired) electrons. The third-order valence-corrected chi connectivity index (χ3v) is 3.39. The minimum absolute atomic E-state index is 0.0872. The van der Waals surface area contributed by atoms with E-state index in [0.29, 0.717) is 6.42 Å². The number of hydrogen-bond acceptors (Lipinski definition) is 3. The van der Waals surface area contributed by atoms with Crippen molar-refractivity contribution < 1.29 is 14.6 Å². The number of carbonyl (C=O) groups is 1. The Bertz CT molecular complexity index is 595. The molecule has 0 aliphatic carbocycles. The normalized spacial score (nSPS) is 10.4. The molecule has 0 saturated carbocycles. The number of hydrogen-bond donors (Lipinski definition) is 2. The summed E-state index contributed by atoms with van der Waals surface area (Å²) in [7, 11) is 1.61. The highest BCUT2D eigenvalue weighted by molar-refractivity contribution is 9.10. The van der Waals surface area contributed by atoms with Crippen LogP contribution in [0.2, 0.25) is 0 Å². The minimum atomic E-state index is -0.817. The van der Waals surface area contributed by atoms with Crippen molar-refractivity contribution in [1.82, 2.24) is 10.2 Å². The topological polar surface area (TPSA) is 75.2 Å². The van der Waals surface area contributed by atoms with Gasteiger partial charge in [0.2, 0.25) is 0 Å². The number of nitrogens with one attached hydrogen (secondary N) is 1. The highest BCUT2D eigenvalue weighted by Gasteiger charge is 2.11. The van der Waals surface area contributed by atoms with Crippen LogP contribution >= 0.6 is 15.9 Å². The molecule has 0 aliphatic heterocycles. The zero-order valence-corrected chi connectivity index (χ0v) is 11.9. The number of H-pyrrole nitrogens is 1. The Balaban J connectivity index is 2.29. The lowest BCUT2D eigenvalue weighted by molar-refractivity contribution is -0.136. The maximum absolute atomic E-state index is 10.6. The predicted octanol–water partition coefficient (Wildman–Crippen LogP) is 2.87. The third-order valence-electron chi connectivity index (χ3n) is 2.77.